The molecule has 6 rings (SSSR count). The molecule has 1 saturated heterocycles. The summed E-state index contributed by atoms with van der Waals surface area (Å²) < 4.78 is 57.0. The van der Waals surface area contributed by atoms with Crippen LogP contribution < -0.4 is 19.5 Å². The Labute approximate surface area is 213 Å². The second kappa shape index (κ2) is 8.55. The van der Waals surface area contributed by atoms with Gasteiger partial charge in [0.05, 0.1) is 30.4 Å². The van der Waals surface area contributed by atoms with Gasteiger partial charge in [0.25, 0.3) is 5.91 Å². The van der Waals surface area contributed by atoms with Gasteiger partial charge in [0, 0.05) is 24.7 Å². The summed E-state index contributed by atoms with van der Waals surface area (Å²) in [7, 11) is 2.75. The number of anilines is 1. The lowest BCUT2D eigenvalue weighted by Crippen LogP contribution is -2.66. The first-order chi connectivity index (χ1) is 17.7. The van der Waals surface area contributed by atoms with Crippen LogP contribution in [0.2, 0.25) is 0 Å². The van der Waals surface area contributed by atoms with Crippen LogP contribution in [0.1, 0.15) is 40.1 Å². The SMILES string of the molecule is COc1ncnc(OC)c1C(=O)Nc1nc2c(s1)C1(CN(C3CCC3)C1)Oc1cc(C(F)(F)F)ccc1-2. The molecule has 4 heterocycles. The van der Waals surface area contributed by atoms with E-state index < -0.39 is 23.2 Å². The molecule has 0 unspecified atom stereocenters. The molecule has 1 N–H and O–H groups in total. The molecule has 2 fully saturated rings. The molecule has 1 saturated carbocycles. The van der Waals surface area contributed by atoms with Gasteiger partial charge in [0.15, 0.2) is 16.3 Å². The van der Waals surface area contributed by atoms with Crippen LogP contribution in [-0.2, 0) is 11.8 Å². The van der Waals surface area contributed by atoms with Crippen LogP contribution in [0, 0.1) is 0 Å². The van der Waals surface area contributed by atoms with E-state index >= 15 is 0 Å². The molecule has 2 aromatic heterocycles. The van der Waals surface area contributed by atoms with E-state index in [9.17, 15) is 18.0 Å². The number of carbonyl (C=O) groups is 1. The van der Waals surface area contributed by atoms with Crippen LogP contribution in [0.3, 0.4) is 0 Å². The summed E-state index contributed by atoms with van der Waals surface area (Å²) in [6, 6.07) is 3.88. The maximum atomic E-state index is 13.4. The normalized spacial score (nSPS) is 18.2. The number of ether oxygens (including phenoxy) is 3. The molecule has 3 aromatic rings. The number of hydrogen-bond acceptors (Lipinski definition) is 9. The number of methoxy groups -OCH3 is 2. The number of thiazole rings is 1. The van der Waals surface area contributed by atoms with Crippen molar-refractivity contribution in [2.75, 3.05) is 32.6 Å². The first-order valence-corrected chi connectivity index (χ1v) is 12.4. The van der Waals surface area contributed by atoms with Gasteiger partial charge in [-0.25, -0.2) is 15.0 Å². The summed E-state index contributed by atoms with van der Waals surface area (Å²) in [5.74, 6) is -0.387. The Bertz CT molecular complexity index is 1360. The Morgan fingerprint density at radius 2 is 1.89 bits per heavy atom. The highest BCUT2D eigenvalue weighted by atomic mass is 32.1. The third-order valence-electron chi connectivity index (χ3n) is 7.03. The number of nitrogens with one attached hydrogen (secondary N) is 1. The number of nitrogens with zero attached hydrogens (tertiary/aromatic N) is 4. The molecule has 37 heavy (non-hydrogen) atoms. The smallest absolute Gasteiger partial charge is 0.416 e. The van der Waals surface area contributed by atoms with Gasteiger partial charge < -0.3 is 14.2 Å². The van der Waals surface area contributed by atoms with Gasteiger partial charge in [0.1, 0.15) is 12.1 Å². The van der Waals surface area contributed by atoms with Crippen molar-refractivity contribution in [2.45, 2.75) is 37.1 Å². The van der Waals surface area contributed by atoms with Crippen LogP contribution in [0.5, 0.6) is 17.5 Å². The predicted molar refractivity (Wildman–Crippen MR) is 127 cm³/mol. The maximum Gasteiger partial charge on any atom is 0.416 e. The van der Waals surface area contributed by atoms with Gasteiger partial charge in [-0.1, -0.05) is 17.8 Å². The van der Waals surface area contributed by atoms with Crippen LogP contribution in [0.25, 0.3) is 11.3 Å². The number of aromatic nitrogens is 3. The van der Waals surface area contributed by atoms with Crippen molar-refractivity contribution >= 4 is 22.4 Å². The number of alkyl halides is 3. The number of fused-ring (bicyclic) bond motifs is 4. The Hall–Kier alpha value is -3.45. The van der Waals surface area contributed by atoms with Crippen molar-refractivity contribution in [3.63, 3.8) is 0 Å². The quantitative estimate of drug-likeness (QED) is 0.517. The summed E-state index contributed by atoms with van der Waals surface area (Å²) in [5, 5.41) is 3.02. The minimum Gasteiger partial charge on any atom is -0.480 e. The molecule has 13 heteroatoms. The van der Waals surface area contributed by atoms with E-state index in [0.717, 1.165) is 29.9 Å². The Morgan fingerprint density at radius 3 is 2.49 bits per heavy atom. The minimum atomic E-state index is -4.50. The lowest BCUT2D eigenvalue weighted by Gasteiger charge is -2.55. The zero-order chi connectivity index (χ0) is 25.9. The van der Waals surface area contributed by atoms with Gasteiger partial charge in [-0.05, 0) is 31.0 Å². The number of rotatable bonds is 5. The lowest BCUT2D eigenvalue weighted by molar-refractivity contribution is -0.138. The van der Waals surface area contributed by atoms with Crippen LogP contribution in [0.15, 0.2) is 24.5 Å². The molecule has 0 atom stereocenters. The molecule has 1 spiro atoms. The summed E-state index contributed by atoms with van der Waals surface area (Å²) >= 11 is 1.24. The van der Waals surface area contributed by atoms with Crippen molar-refractivity contribution in [3.8, 4) is 28.8 Å². The van der Waals surface area contributed by atoms with Crippen LogP contribution in [0.4, 0.5) is 18.3 Å². The predicted octanol–water partition coefficient (Wildman–Crippen LogP) is 4.34. The molecule has 9 nitrogen and oxygen atoms in total. The molecule has 2 aliphatic heterocycles. The highest BCUT2D eigenvalue weighted by molar-refractivity contribution is 7.16. The second-order valence-electron chi connectivity index (χ2n) is 9.21. The van der Waals surface area contributed by atoms with Crippen molar-refractivity contribution in [2.24, 2.45) is 0 Å². The van der Waals surface area contributed by atoms with E-state index in [0.29, 0.717) is 30.4 Å². The average Bonchev–Trinajstić information content (AvgIpc) is 3.24. The molecule has 1 aliphatic carbocycles. The highest BCUT2D eigenvalue weighted by Crippen LogP contribution is 2.54. The van der Waals surface area contributed by atoms with Crippen molar-refractivity contribution in [3.05, 3.63) is 40.5 Å². The van der Waals surface area contributed by atoms with Crippen LogP contribution >= 0.6 is 11.3 Å². The van der Waals surface area contributed by atoms with Crippen molar-refractivity contribution in [1.82, 2.24) is 19.9 Å². The second-order valence-corrected chi connectivity index (χ2v) is 10.2. The zero-order valence-corrected chi connectivity index (χ0v) is 20.7. The van der Waals surface area contributed by atoms with Gasteiger partial charge in [-0.15, -0.1) is 0 Å². The topological polar surface area (TPSA) is 98.7 Å². The Morgan fingerprint density at radius 1 is 1.19 bits per heavy atom. The lowest BCUT2D eigenvalue weighted by atomic mass is 9.81. The molecule has 194 valence electrons. The zero-order valence-electron chi connectivity index (χ0n) is 19.9. The minimum absolute atomic E-state index is 0.00153. The molecular weight excluding hydrogens is 511 g/mol. The number of likely N-dealkylation sites (tertiary alicyclic amines) is 1. The van der Waals surface area contributed by atoms with Gasteiger partial charge >= 0.3 is 6.18 Å². The number of carbonyl (C=O) groups excluding carboxylic acids is 1. The largest absolute Gasteiger partial charge is 0.480 e. The molecule has 3 aliphatic rings. The van der Waals surface area contributed by atoms with Gasteiger partial charge in [-0.2, -0.15) is 13.2 Å². The third kappa shape index (κ3) is 3.87. The fraction of sp³-hybridized carbons (Fsp3) is 0.417. The third-order valence-corrected chi connectivity index (χ3v) is 8.19. The molecule has 0 radical (unpaired) electrons. The monoisotopic (exact) mass is 533 g/mol. The molecular formula is C24H22F3N5O4S. The molecule has 1 aromatic carbocycles. The van der Waals surface area contributed by atoms with Crippen molar-refractivity contribution in [1.29, 1.82) is 0 Å². The van der Waals surface area contributed by atoms with E-state index in [1.54, 1.807) is 0 Å². The van der Waals surface area contributed by atoms with Crippen molar-refractivity contribution < 1.29 is 32.2 Å². The van der Waals surface area contributed by atoms with E-state index in [1.807, 2.05) is 0 Å². The summed E-state index contributed by atoms with van der Waals surface area (Å²) in [4.78, 5) is 28.8. The first-order valence-electron chi connectivity index (χ1n) is 11.6. The van der Waals surface area contributed by atoms with E-state index in [4.69, 9.17) is 14.2 Å². The summed E-state index contributed by atoms with van der Waals surface area (Å²) in [6.45, 7) is 1.09. The number of benzene rings is 1. The maximum absolute atomic E-state index is 13.4. The number of amides is 1. The summed E-state index contributed by atoms with van der Waals surface area (Å²) in [6.07, 6.45) is 0.0920. The first kappa shape index (κ1) is 23.9. The van der Waals surface area contributed by atoms with Gasteiger partial charge in [-0.3, -0.25) is 15.0 Å². The fourth-order valence-corrected chi connectivity index (χ4v) is 6.03. The van der Waals surface area contributed by atoms with E-state index in [1.165, 1.54) is 44.4 Å². The molecule has 0 bridgehead atoms. The Balaban J connectivity index is 1.38. The summed E-state index contributed by atoms with van der Waals surface area (Å²) in [5.41, 5.74) is -0.653. The van der Waals surface area contributed by atoms with E-state index in [2.05, 4.69) is 25.2 Å². The number of hydrogen-bond donors (Lipinski definition) is 1. The average molecular weight is 534 g/mol. The Kier molecular flexibility index (Phi) is 5.53. The van der Waals surface area contributed by atoms with Gasteiger partial charge in [0.2, 0.25) is 11.8 Å². The van der Waals surface area contributed by atoms with Crippen LogP contribution in [-0.4, -0.2) is 59.1 Å². The molecule has 1 amide bonds. The fourth-order valence-electron chi connectivity index (χ4n) is 4.95. The highest BCUT2D eigenvalue weighted by Gasteiger charge is 2.55. The standard InChI is InChI=1S/C24H22F3N5O4S/c1-34-20-16(21(35-2)29-11-28-20)19(33)31-22-30-17-14-7-6-12(24(25,26)27)8-15(14)36-23(18(17)37-22)9-32(10-23)13-4-3-5-13/h6-8,11,13H,3-5,9-10H2,1-2H3,(H,30,31,33). The van der Waals surface area contributed by atoms with E-state index in [-0.39, 0.29) is 28.2 Å². The number of halogens is 3.